The summed E-state index contributed by atoms with van der Waals surface area (Å²) in [4.78, 5) is 18.1. The molecule has 1 aromatic rings. The second kappa shape index (κ2) is 4.69. The monoisotopic (exact) mass is 158 g/mol. The first-order chi connectivity index (χ1) is 4.80. The second-order valence-electron chi connectivity index (χ2n) is 1.32. The lowest BCUT2D eigenvalue weighted by molar-refractivity contribution is -0.0980. The molecule has 3 nitrogen and oxygen atoms in total. The van der Waals surface area contributed by atoms with Crippen molar-refractivity contribution in [2.45, 2.75) is 0 Å². The molecule has 0 unspecified atom stereocenters. The molecule has 0 saturated carbocycles. The number of thiophene rings is 1. The summed E-state index contributed by atoms with van der Waals surface area (Å²) in [6, 6.07) is 1.58. The number of rotatable bonds is 1. The van der Waals surface area contributed by atoms with Crippen LogP contribution in [0, 0.1) is 0 Å². The first-order valence-electron chi connectivity index (χ1n) is 2.35. The molecule has 0 radical (unpaired) electrons. The molecule has 0 saturated heterocycles. The molecule has 0 bridgehead atoms. The van der Waals surface area contributed by atoms with Crippen LogP contribution in [0.4, 0.5) is 0 Å². The second-order valence-corrected chi connectivity index (χ2v) is 2.10. The first-order valence-corrected chi connectivity index (χ1v) is 3.29. The van der Waals surface area contributed by atoms with Gasteiger partial charge in [-0.3, -0.25) is 0 Å². The zero-order valence-corrected chi connectivity index (χ0v) is 5.93. The molecule has 0 atom stereocenters. The van der Waals surface area contributed by atoms with Gasteiger partial charge in [0.05, 0.1) is 5.56 Å². The van der Waals surface area contributed by atoms with Crippen LogP contribution in [-0.2, 0) is 4.79 Å². The van der Waals surface area contributed by atoms with Gasteiger partial charge in [0, 0.05) is 5.38 Å². The molecule has 0 aliphatic rings. The molecule has 4 heteroatoms. The Balaban J connectivity index is 0.000000371. The summed E-state index contributed by atoms with van der Waals surface area (Å²) in [5.74, 6) is -0.855. The number of hydrogen-bond acceptors (Lipinski definition) is 3. The van der Waals surface area contributed by atoms with Gasteiger partial charge in [0.25, 0.3) is 0 Å². The Hall–Kier alpha value is -1.16. The lowest BCUT2D eigenvalue weighted by Gasteiger charge is -1.78. The van der Waals surface area contributed by atoms with Crippen molar-refractivity contribution < 1.29 is 14.7 Å². The van der Waals surface area contributed by atoms with Gasteiger partial charge in [-0.05, 0) is 11.4 Å². The summed E-state index contributed by atoms with van der Waals surface area (Å²) < 4.78 is 0. The van der Waals surface area contributed by atoms with Crippen LogP contribution < -0.4 is 0 Å². The van der Waals surface area contributed by atoms with E-state index in [1.54, 1.807) is 16.8 Å². The summed E-state index contributed by atoms with van der Waals surface area (Å²) in [6.07, 6.45) is 0. The zero-order valence-electron chi connectivity index (χ0n) is 5.11. The fourth-order valence-electron chi connectivity index (χ4n) is 0.386. The van der Waals surface area contributed by atoms with Gasteiger partial charge in [0.2, 0.25) is 0 Å². The molecule has 0 aliphatic carbocycles. The third kappa shape index (κ3) is 2.41. The molecule has 0 amide bonds. The van der Waals surface area contributed by atoms with E-state index in [0.717, 1.165) is 0 Å². The molecular weight excluding hydrogens is 152 g/mol. The maximum Gasteiger partial charge on any atom is 0.336 e. The Morgan fingerprint density at radius 3 is 2.40 bits per heavy atom. The average Bonchev–Trinajstić information content (AvgIpc) is 2.42. The summed E-state index contributed by atoms with van der Waals surface area (Å²) in [7, 11) is 0. The van der Waals surface area contributed by atoms with E-state index >= 15 is 0 Å². The van der Waals surface area contributed by atoms with Crippen LogP contribution in [0.15, 0.2) is 16.8 Å². The predicted octanol–water partition coefficient (Wildman–Crippen LogP) is 1.26. The normalized spacial score (nSPS) is 7.60. The SMILES string of the molecule is C=O.O=C(O)c1ccsc1. The van der Waals surface area contributed by atoms with E-state index in [-0.39, 0.29) is 0 Å². The fraction of sp³-hybridized carbons (Fsp3) is 0. The molecule has 1 heterocycles. The minimum atomic E-state index is -0.855. The van der Waals surface area contributed by atoms with Gasteiger partial charge < -0.3 is 9.90 Å². The quantitative estimate of drug-likeness (QED) is 0.669. The van der Waals surface area contributed by atoms with E-state index in [1.165, 1.54) is 11.3 Å². The van der Waals surface area contributed by atoms with Crippen LogP contribution in [0.5, 0.6) is 0 Å². The number of carbonyl (C=O) groups excluding carboxylic acids is 1. The molecule has 0 spiro atoms. The van der Waals surface area contributed by atoms with Crippen LogP contribution in [-0.4, -0.2) is 17.9 Å². The Morgan fingerprint density at radius 1 is 1.60 bits per heavy atom. The highest BCUT2D eigenvalue weighted by molar-refractivity contribution is 7.08. The van der Waals surface area contributed by atoms with Gasteiger partial charge in [-0.15, -0.1) is 0 Å². The van der Waals surface area contributed by atoms with Crippen LogP contribution in [0.25, 0.3) is 0 Å². The number of carbonyl (C=O) groups is 2. The highest BCUT2D eigenvalue weighted by Crippen LogP contribution is 2.04. The van der Waals surface area contributed by atoms with E-state index in [0.29, 0.717) is 5.56 Å². The van der Waals surface area contributed by atoms with Crippen molar-refractivity contribution in [3.8, 4) is 0 Å². The Bertz CT molecular complexity index is 193. The zero-order chi connectivity index (χ0) is 7.98. The summed E-state index contributed by atoms with van der Waals surface area (Å²) in [5.41, 5.74) is 0.370. The van der Waals surface area contributed by atoms with Crippen LogP contribution in [0.2, 0.25) is 0 Å². The van der Waals surface area contributed by atoms with Crippen LogP contribution in [0.1, 0.15) is 10.4 Å². The van der Waals surface area contributed by atoms with E-state index in [9.17, 15) is 4.79 Å². The standard InChI is InChI=1S/C5H4O2S.CH2O/c6-5(7)4-1-2-8-3-4;1-2/h1-3H,(H,6,7);1H2. The van der Waals surface area contributed by atoms with Crippen molar-refractivity contribution in [2.24, 2.45) is 0 Å². The highest BCUT2D eigenvalue weighted by Gasteiger charge is 1.98. The smallest absolute Gasteiger partial charge is 0.336 e. The molecule has 1 aromatic heterocycles. The van der Waals surface area contributed by atoms with E-state index in [1.807, 2.05) is 6.79 Å². The molecule has 1 N–H and O–H groups in total. The number of carboxylic acid groups (broad SMARTS) is 1. The van der Waals surface area contributed by atoms with Gasteiger partial charge in [-0.1, -0.05) is 0 Å². The van der Waals surface area contributed by atoms with Gasteiger partial charge in [-0.25, -0.2) is 4.79 Å². The third-order valence-electron chi connectivity index (χ3n) is 0.768. The van der Waals surface area contributed by atoms with Crippen molar-refractivity contribution in [3.63, 3.8) is 0 Å². The Labute approximate surface area is 61.9 Å². The van der Waals surface area contributed by atoms with Crippen molar-refractivity contribution in [1.29, 1.82) is 0 Å². The molecular formula is C6H6O3S. The van der Waals surface area contributed by atoms with Gasteiger partial charge in [0.1, 0.15) is 6.79 Å². The number of carboxylic acids is 1. The molecule has 1 rings (SSSR count). The van der Waals surface area contributed by atoms with Crippen molar-refractivity contribution >= 4 is 24.1 Å². The average molecular weight is 158 g/mol. The summed E-state index contributed by atoms with van der Waals surface area (Å²) in [5, 5.41) is 11.6. The molecule has 0 aromatic carbocycles. The molecule has 0 fully saturated rings. The predicted molar refractivity (Wildman–Crippen MR) is 38.4 cm³/mol. The number of aromatic carboxylic acids is 1. The summed E-state index contributed by atoms with van der Waals surface area (Å²) >= 11 is 1.39. The maximum absolute atomic E-state index is 10.1. The van der Waals surface area contributed by atoms with Crippen LogP contribution >= 0.6 is 11.3 Å². The minimum Gasteiger partial charge on any atom is -0.478 e. The lowest BCUT2D eigenvalue weighted by Crippen LogP contribution is -1.90. The Kier molecular flexibility index (Phi) is 4.15. The van der Waals surface area contributed by atoms with Crippen LogP contribution in [0.3, 0.4) is 0 Å². The lowest BCUT2D eigenvalue weighted by atomic mass is 10.4. The van der Waals surface area contributed by atoms with E-state index < -0.39 is 5.97 Å². The largest absolute Gasteiger partial charge is 0.478 e. The van der Waals surface area contributed by atoms with Gasteiger partial charge in [-0.2, -0.15) is 11.3 Å². The third-order valence-corrected chi connectivity index (χ3v) is 1.45. The minimum absolute atomic E-state index is 0.370. The highest BCUT2D eigenvalue weighted by atomic mass is 32.1. The Morgan fingerprint density at radius 2 is 2.20 bits per heavy atom. The maximum atomic E-state index is 10.1. The first kappa shape index (κ1) is 8.84. The number of hydrogen-bond donors (Lipinski definition) is 1. The molecule has 54 valence electrons. The molecule has 0 aliphatic heterocycles. The van der Waals surface area contributed by atoms with Gasteiger partial charge >= 0.3 is 5.97 Å². The summed E-state index contributed by atoms with van der Waals surface area (Å²) in [6.45, 7) is 2.00. The van der Waals surface area contributed by atoms with E-state index in [4.69, 9.17) is 9.90 Å². The topological polar surface area (TPSA) is 54.4 Å². The fourth-order valence-corrected chi connectivity index (χ4v) is 1.02. The van der Waals surface area contributed by atoms with E-state index in [2.05, 4.69) is 0 Å². The van der Waals surface area contributed by atoms with Crippen molar-refractivity contribution in [3.05, 3.63) is 22.4 Å². The van der Waals surface area contributed by atoms with Gasteiger partial charge in [0.15, 0.2) is 0 Å². The van der Waals surface area contributed by atoms with Crippen molar-refractivity contribution in [2.75, 3.05) is 0 Å². The molecule has 10 heavy (non-hydrogen) atoms. The van der Waals surface area contributed by atoms with Crippen molar-refractivity contribution in [1.82, 2.24) is 0 Å².